The number of carboxylic acid groups (broad SMARTS) is 1. The summed E-state index contributed by atoms with van der Waals surface area (Å²) in [6.07, 6.45) is 0. The molecule has 0 saturated carbocycles. The van der Waals surface area contributed by atoms with Crippen LogP contribution in [0.4, 0.5) is 0 Å². The van der Waals surface area contributed by atoms with Crippen LogP contribution in [0.3, 0.4) is 0 Å². The summed E-state index contributed by atoms with van der Waals surface area (Å²) in [5.74, 6) is -4.75. The van der Waals surface area contributed by atoms with Gasteiger partial charge in [0.2, 0.25) is 5.91 Å². The molecule has 1 amide bonds. The van der Waals surface area contributed by atoms with Crippen LogP contribution >= 0.6 is 0 Å². The van der Waals surface area contributed by atoms with E-state index in [2.05, 4.69) is 11.9 Å². The first-order valence-corrected chi connectivity index (χ1v) is 3.56. The molecule has 0 aromatic carbocycles. The number of allylic oxidation sites excluding steroid dienone is 1. The summed E-state index contributed by atoms with van der Waals surface area (Å²) >= 11 is 0. The first-order chi connectivity index (χ1) is 5.91. The van der Waals surface area contributed by atoms with Gasteiger partial charge >= 0.3 is 5.97 Å². The van der Waals surface area contributed by atoms with Gasteiger partial charge in [0.25, 0.3) is 0 Å². The SMILES string of the molecule is C=C(C)C(=O)C(C(=O)O)C(=O)NC. The molecular formula is C8H11NO4. The average molecular weight is 185 g/mol. The maximum Gasteiger partial charge on any atom is 0.324 e. The highest BCUT2D eigenvalue weighted by Gasteiger charge is 2.33. The van der Waals surface area contributed by atoms with Crippen LogP contribution in [0.1, 0.15) is 6.92 Å². The highest BCUT2D eigenvalue weighted by molar-refractivity contribution is 6.20. The van der Waals surface area contributed by atoms with Crippen LogP contribution in [0, 0.1) is 5.92 Å². The number of hydrogen-bond acceptors (Lipinski definition) is 3. The Balaban J connectivity index is 4.82. The Morgan fingerprint density at radius 2 is 1.85 bits per heavy atom. The van der Waals surface area contributed by atoms with Crippen molar-refractivity contribution in [1.29, 1.82) is 0 Å². The van der Waals surface area contributed by atoms with Gasteiger partial charge in [-0.1, -0.05) is 6.58 Å². The molecule has 0 rings (SSSR count). The van der Waals surface area contributed by atoms with E-state index >= 15 is 0 Å². The predicted octanol–water partition coefficient (Wildman–Crippen LogP) is -0.422. The quantitative estimate of drug-likeness (QED) is 0.460. The lowest BCUT2D eigenvalue weighted by molar-refractivity contribution is -0.150. The number of rotatable bonds is 4. The number of carbonyl (C=O) groups is 3. The molecule has 0 heterocycles. The Kier molecular flexibility index (Phi) is 3.84. The summed E-state index contributed by atoms with van der Waals surface area (Å²) in [6, 6.07) is 0. The molecule has 0 aromatic rings. The van der Waals surface area contributed by atoms with Crippen LogP contribution in [0.15, 0.2) is 12.2 Å². The first-order valence-electron chi connectivity index (χ1n) is 3.56. The topological polar surface area (TPSA) is 83.5 Å². The van der Waals surface area contributed by atoms with E-state index in [4.69, 9.17) is 5.11 Å². The molecular weight excluding hydrogens is 174 g/mol. The Labute approximate surface area is 75.4 Å². The van der Waals surface area contributed by atoms with Gasteiger partial charge in [-0.3, -0.25) is 14.4 Å². The van der Waals surface area contributed by atoms with Gasteiger partial charge in [0.15, 0.2) is 11.7 Å². The number of hydrogen-bond donors (Lipinski definition) is 2. The molecule has 13 heavy (non-hydrogen) atoms. The average Bonchev–Trinajstić information content (AvgIpc) is 2.03. The van der Waals surface area contributed by atoms with Crippen LogP contribution in [0.25, 0.3) is 0 Å². The standard InChI is InChI=1S/C8H11NO4/c1-4(2)6(10)5(8(12)13)7(11)9-3/h5H,1H2,2-3H3,(H,9,11)(H,12,13). The van der Waals surface area contributed by atoms with Crippen molar-refractivity contribution in [2.24, 2.45) is 5.92 Å². The smallest absolute Gasteiger partial charge is 0.324 e. The number of nitrogens with one attached hydrogen (secondary N) is 1. The third-order valence-corrected chi connectivity index (χ3v) is 1.44. The Morgan fingerprint density at radius 3 is 2.08 bits per heavy atom. The normalized spacial score (nSPS) is 11.5. The molecule has 2 N–H and O–H groups in total. The fourth-order valence-electron chi connectivity index (χ4n) is 0.734. The molecule has 0 fully saturated rings. The van der Waals surface area contributed by atoms with E-state index in [9.17, 15) is 14.4 Å². The summed E-state index contributed by atoms with van der Waals surface area (Å²) in [5, 5.41) is 10.7. The van der Waals surface area contributed by atoms with Gasteiger partial charge in [-0.15, -0.1) is 0 Å². The van der Waals surface area contributed by atoms with Crippen LogP contribution < -0.4 is 5.32 Å². The van der Waals surface area contributed by atoms with Gasteiger partial charge in [-0.25, -0.2) is 0 Å². The van der Waals surface area contributed by atoms with Gasteiger partial charge in [0, 0.05) is 7.05 Å². The lowest BCUT2D eigenvalue weighted by Gasteiger charge is -2.08. The molecule has 1 atom stereocenters. The zero-order chi connectivity index (χ0) is 10.6. The van der Waals surface area contributed by atoms with E-state index in [0.29, 0.717) is 0 Å². The van der Waals surface area contributed by atoms with E-state index in [1.165, 1.54) is 14.0 Å². The van der Waals surface area contributed by atoms with Crippen molar-refractivity contribution in [2.45, 2.75) is 6.92 Å². The van der Waals surface area contributed by atoms with Gasteiger partial charge in [0.05, 0.1) is 0 Å². The second-order valence-electron chi connectivity index (χ2n) is 2.53. The summed E-state index contributed by atoms with van der Waals surface area (Å²) in [4.78, 5) is 32.6. The molecule has 0 aliphatic carbocycles. The van der Waals surface area contributed by atoms with E-state index in [1.54, 1.807) is 0 Å². The second-order valence-corrected chi connectivity index (χ2v) is 2.53. The number of carboxylic acids is 1. The molecule has 5 heteroatoms. The minimum absolute atomic E-state index is 0.0519. The third-order valence-electron chi connectivity index (χ3n) is 1.44. The molecule has 5 nitrogen and oxygen atoms in total. The minimum atomic E-state index is -1.68. The monoisotopic (exact) mass is 185 g/mol. The molecule has 72 valence electrons. The van der Waals surface area contributed by atoms with Gasteiger partial charge in [-0.2, -0.15) is 0 Å². The highest BCUT2D eigenvalue weighted by atomic mass is 16.4. The van der Waals surface area contributed by atoms with Crippen molar-refractivity contribution in [3.63, 3.8) is 0 Å². The van der Waals surface area contributed by atoms with Gasteiger partial charge in [0.1, 0.15) is 0 Å². The maximum absolute atomic E-state index is 11.1. The largest absolute Gasteiger partial charge is 0.480 e. The third kappa shape index (κ3) is 2.70. The zero-order valence-electron chi connectivity index (χ0n) is 7.46. The van der Waals surface area contributed by atoms with Crippen LogP contribution in [-0.4, -0.2) is 29.8 Å². The van der Waals surface area contributed by atoms with Crippen molar-refractivity contribution in [1.82, 2.24) is 5.32 Å². The molecule has 0 spiro atoms. The summed E-state index contributed by atoms with van der Waals surface area (Å²) in [5.41, 5.74) is 0.0519. The molecule has 1 unspecified atom stereocenters. The fraction of sp³-hybridized carbons (Fsp3) is 0.375. The predicted molar refractivity (Wildman–Crippen MR) is 45.0 cm³/mol. The maximum atomic E-state index is 11.1. The van der Waals surface area contributed by atoms with Gasteiger partial charge < -0.3 is 10.4 Å². The van der Waals surface area contributed by atoms with Crippen molar-refractivity contribution < 1.29 is 19.5 Å². The molecule has 0 radical (unpaired) electrons. The summed E-state index contributed by atoms with van der Waals surface area (Å²) in [7, 11) is 1.27. The minimum Gasteiger partial charge on any atom is -0.480 e. The van der Waals surface area contributed by atoms with Crippen molar-refractivity contribution in [3.8, 4) is 0 Å². The first kappa shape index (κ1) is 11.4. The molecule has 0 aliphatic heterocycles. The van der Waals surface area contributed by atoms with Crippen LogP contribution in [0.2, 0.25) is 0 Å². The van der Waals surface area contributed by atoms with Crippen molar-refractivity contribution >= 4 is 17.7 Å². The number of ketones is 1. The second kappa shape index (κ2) is 4.39. The summed E-state index contributed by atoms with van der Waals surface area (Å²) in [6.45, 7) is 4.64. The van der Waals surface area contributed by atoms with E-state index in [1.807, 2.05) is 0 Å². The lowest BCUT2D eigenvalue weighted by Crippen LogP contribution is -2.38. The van der Waals surface area contributed by atoms with E-state index in [0.717, 1.165) is 0 Å². The lowest BCUT2D eigenvalue weighted by atomic mass is 9.99. The molecule has 0 saturated heterocycles. The van der Waals surface area contributed by atoms with Crippen LogP contribution in [-0.2, 0) is 14.4 Å². The Bertz CT molecular complexity index is 269. The number of aliphatic carboxylic acids is 1. The van der Waals surface area contributed by atoms with Crippen LogP contribution in [0.5, 0.6) is 0 Å². The number of amides is 1. The Morgan fingerprint density at radius 1 is 1.38 bits per heavy atom. The molecule has 0 aliphatic rings. The number of Topliss-reactive ketones (excluding diaryl/α,β-unsaturated/α-hetero) is 1. The van der Waals surface area contributed by atoms with Crippen molar-refractivity contribution in [2.75, 3.05) is 7.05 Å². The van der Waals surface area contributed by atoms with Gasteiger partial charge in [-0.05, 0) is 12.5 Å². The fourth-order valence-corrected chi connectivity index (χ4v) is 0.734. The van der Waals surface area contributed by atoms with E-state index < -0.39 is 23.6 Å². The highest BCUT2D eigenvalue weighted by Crippen LogP contribution is 2.05. The van der Waals surface area contributed by atoms with Crippen molar-refractivity contribution in [3.05, 3.63) is 12.2 Å². The molecule has 0 aromatic heterocycles. The Hall–Kier alpha value is -1.65. The number of carbonyl (C=O) groups excluding carboxylic acids is 2. The van der Waals surface area contributed by atoms with E-state index in [-0.39, 0.29) is 5.57 Å². The zero-order valence-corrected chi connectivity index (χ0v) is 7.46. The summed E-state index contributed by atoms with van der Waals surface area (Å²) < 4.78 is 0. The molecule has 0 bridgehead atoms.